The summed E-state index contributed by atoms with van der Waals surface area (Å²) in [6.07, 6.45) is 0.118. The normalized spacial score (nSPS) is 12.7. The molecule has 1 atom stereocenters. The van der Waals surface area contributed by atoms with Crippen molar-refractivity contribution in [1.29, 1.82) is 0 Å². The Labute approximate surface area is 146 Å². The Hall–Kier alpha value is -1.42. The number of nitrogens with one attached hydrogen (secondary N) is 1. The summed E-state index contributed by atoms with van der Waals surface area (Å²) >= 11 is 12.5. The summed E-state index contributed by atoms with van der Waals surface area (Å²) in [5, 5.41) is 10.3. The van der Waals surface area contributed by atoms with Gasteiger partial charge in [-0.3, -0.25) is 10.1 Å². The minimum absolute atomic E-state index is 0.0630. The molecule has 0 spiro atoms. The molecule has 23 heavy (non-hydrogen) atoms. The van der Waals surface area contributed by atoms with Crippen molar-refractivity contribution in [2.45, 2.75) is 17.4 Å². The number of halogens is 2. The Kier molecular flexibility index (Phi) is 5.45. The van der Waals surface area contributed by atoms with Gasteiger partial charge in [0, 0.05) is 11.3 Å². The smallest absolute Gasteiger partial charge is 0.266 e. The van der Waals surface area contributed by atoms with Crippen LogP contribution in [-0.4, -0.2) is 36.9 Å². The highest BCUT2D eigenvalue weighted by atomic mass is 35.5. The van der Waals surface area contributed by atoms with Gasteiger partial charge in [-0.15, -0.1) is 10.2 Å². The molecule has 11 heteroatoms. The lowest BCUT2D eigenvalue weighted by atomic mass is 10.3. The van der Waals surface area contributed by atoms with Crippen LogP contribution in [0.4, 0.5) is 5.13 Å². The molecule has 0 aliphatic carbocycles. The van der Waals surface area contributed by atoms with Crippen LogP contribution in [0.3, 0.4) is 0 Å². The molecule has 2 rings (SSSR count). The minimum atomic E-state index is -3.46. The van der Waals surface area contributed by atoms with Gasteiger partial charge in [-0.2, -0.15) is 0 Å². The largest absolute Gasteiger partial charge is 0.479 e. The zero-order chi connectivity index (χ0) is 17.2. The lowest BCUT2D eigenvalue weighted by Crippen LogP contribution is -2.30. The third kappa shape index (κ3) is 4.77. The van der Waals surface area contributed by atoms with E-state index in [1.54, 1.807) is 12.1 Å². The van der Waals surface area contributed by atoms with Gasteiger partial charge < -0.3 is 4.74 Å². The van der Waals surface area contributed by atoms with Gasteiger partial charge in [0.1, 0.15) is 5.75 Å². The molecule has 0 radical (unpaired) electrons. The molecule has 1 N–H and O–H groups in total. The lowest BCUT2D eigenvalue weighted by Gasteiger charge is -2.14. The second-order valence-electron chi connectivity index (χ2n) is 4.47. The van der Waals surface area contributed by atoms with Crippen molar-refractivity contribution in [3.8, 4) is 5.75 Å². The van der Waals surface area contributed by atoms with Crippen LogP contribution in [0.5, 0.6) is 5.75 Å². The number of rotatable bonds is 5. The zero-order valence-electron chi connectivity index (χ0n) is 11.9. The molecular formula is C12H11Cl2N3O4S2. The summed E-state index contributed by atoms with van der Waals surface area (Å²) in [4.78, 5) is 12.0. The molecule has 124 valence electrons. The van der Waals surface area contributed by atoms with Crippen molar-refractivity contribution >= 4 is 55.4 Å². The number of ether oxygens (including phenoxy) is 1. The van der Waals surface area contributed by atoms with Crippen molar-refractivity contribution in [2.75, 3.05) is 11.6 Å². The van der Waals surface area contributed by atoms with E-state index in [1.807, 2.05) is 0 Å². The highest BCUT2D eigenvalue weighted by Crippen LogP contribution is 2.28. The number of hydrogen-bond donors (Lipinski definition) is 1. The highest BCUT2D eigenvalue weighted by Gasteiger charge is 2.20. The molecule has 0 aliphatic heterocycles. The molecule has 1 amide bonds. The fourth-order valence-corrected chi connectivity index (χ4v) is 3.40. The number of hydrogen-bond acceptors (Lipinski definition) is 7. The number of carbonyl (C=O) groups is 1. The molecular weight excluding hydrogens is 385 g/mol. The molecule has 0 saturated carbocycles. The van der Waals surface area contributed by atoms with Crippen molar-refractivity contribution < 1.29 is 17.9 Å². The van der Waals surface area contributed by atoms with E-state index in [0.29, 0.717) is 10.8 Å². The molecule has 0 aliphatic rings. The average molecular weight is 396 g/mol. The topological polar surface area (TPSA) is 98.2 Å². The molecule has 1 aromatic carbocycles. The molecule has 0 saturated heterocycles. The van der Waals surface area contributed by atoms with E-state index in [4.69, 9.17) is 27.9 Å². The number of sulfone groups is 1. The van der Waals surface area contributed by atoms with E-state index in [1.165, 1.54) is 13.0 Å². The molecule has 0 unspecified atom stereocenters. The Morgan fingerprint density at radius 2 is 2.04 bits per heavy atom. The van der Waals surface area contributed by atoms with E-state index in [0.717, 1.165) is 17.6 Å². The van der Waals surface area contributed by atoms with Gasteiger partial charge in [-0.25, -0.2) is 8.42 Å². The standard InChI is InChI=1S/C12H11Cl2N3O4S2/c1-6(21-9-4-3-7(13)5-8(9)14)10(18)15-11-16-17-12(22-11)23(2,19)20/h3-6H,1-2H3,(H,15,16,18)/t6-/m1/s1. The Balaban J connectivity index is 2.04. The molecule has 0 bridgehead atoms. The van der Waals surface area contributed by atoms with Crippen molar-refractivity contribution in [3.05, 3.63) is 28.2 Å². The van der Waals surface area contributed by atoms with Crippen molar-refractivity contribution in [2.24, 2.45) is 0 Å². The second kappa shape index (κ2) is 7.00. The summed E-state index contributed by atoms with van der Waals surface area (Å²) in [6.45, 7) is 1.51. The first-order valence-corrected chi connectivity index (χ1v) is 9.59. The number of benzene rings is 1. The third-order valence-corrected chi connectivity index (χ3v) is 5.56. The van der Waals surface area contributed by atoms with Crippen LogP contribution in [0.25, 0.3) is 0 Å². The Morgan fingerprint density at radius 1 is 1.35 bits per heavy atom. The van der Waals surface area contributed by atoms with Crippen LogP contribution in [0.2, 0.25) is 10.0 Å². The van der Waals surface area contributed by atoms with Gasteiger partial charge in [0.2, 0.25) is 19.3 Å². The average Bonchev–Trinajstić information content (AvgIpc) is 2.90. The first-order valence-electron chi connectivity index (χ1n) is 6.13. The van der Waals surface area contributed by atoms with Crippen molar-refractivity contribution in [3.63, 3.8) is 0 Å². The summed E-state index contributed by atoms with van der Waals surface area (Å²) in [7, 11) is -3.46. The summed E-state index contributed by atoms with van der Waals surface area (Å²) in [5.41, 5.74) is 0. The van der Waals surface area contributed by atoms with E-state index >= 15 is 0 Å². The summed E-state index contributed by atoms with van der Waals surface area (Å²) in [5.74, 6) is -0.222. The minimum Gasteiger partial charge on any atom is -0.479 e. The van der Waals surface area contributed by atoms with Crippen LogP contribution in [0.15, 0.2) is 22.5 Å². The predicted molar refractivity (Wildman–Crippen MR) is 88.2 cm³/mol. The molecule has 1 heterocycles. The van der Waals surface area contributed by atoms with Crippen LogP contribution in [0, 0.1) is 0 Å². The third-order valence-electron chi connectivity index (χ3n) is 2.52. The second-order valence-corrected chi connectivity index (χ2v) is 8.48. The summed E-state index contributed by atoms with van der Waals surface area (Å²) < 4.78 is 27.9. The maximum atomic E-state index is 12.0. The fourth-order valence-electron chi connectivity index (χ4n) is 1.43. The van der Waals surface area contributed by atoms with Gasteiger partial charge in [0.05, 0.1) is 5.02 Å². The number of nitrogens with zero attached hydrogens (tertiary/aromatic N) is 2. The molecule has 7 nitrogen and oxygen atoms in total. The van der Waals surface area contributed by atoms with Gasteiger partial charge in [0.25, 0.3) is 5.91 Å². The van der Waals surface area contributed by atoms with E-state index in [9.17, 15) is 13.2 Å². The first kappa shape index (κ1) is 17.9. The van der Waals surface area contributed by atoms with Crippen LogP contribution in [0.1, 0.15) is 6.92 Å². The first-order chi connectivity index (χ1) is 10.7. The fraction of sp³-hybridized carbons (Fsp3) is 0.250. The van der Waals surface area contributed by atoms with Gasteiger partial charge >= 0.3 is 0 Å². The van der Waals surface area contributed by atoms with E-state index in [2.05, 4.69) is 15.5 Å². The maximum Gasteiger partial charge on any atom is 0.266 e. The van der Waals surface area contributed by atoms with Gasteiger partial charge in [-0.05, 0) is 25.1 Å². The maximum absolute atomic E-state index is 12.0. The number of aromatic nitrogens is 2. The molecule has 2 aromatic rings. The summed E-state index contributed by atoms with van der Waals surface area (Å²) in [6, 6.07) is 4.61. The lowest BCUT2D eigenvalue weighted by molar-refractivity contribution is -0.122. The number of anilines is 1. The quantitative estimate of drug-likeness (QED) is 0.781. The predicted octanol–water partition coefficient (Wildman–Crippen LogP) is 2.65. The number of carbonyl (C=O) groups excluding carboxylic acids is 1. The SMILES string of the molecule is C[C@@H](Oc1ccc(Cl)cc1Cl)C(=O)Nc1nnc(S(C)(=O)=O)s1. The van der Waals surface area contributed by atoms with E-state index < -0.39 is 21.8 Å². The van der Waals surface area contributed by atoms with Crippen LogP contribution in [-0.2, 0) is 14.6 Å². The molecule has 0 fully saturated rings. The number of amides is 1. The van der Waals surface area contributed by atoms with Crippen molar-refractivity contribution in [1.82, 2.24) is 10.2 Å². The Morgan fingerprint density at radius 3 is 2.61 bits per heavy atom. The highest BCUT2D eigenvalue weighted by molar-refractivity contribution is 7.92. The van der Waals surface area contributed by atoms with Crippen LogP contribution >= 0.6 is 34.5 Å². The van der Waals surface area contributed by atoms with Gasteiger partial charge in [0.15, 0.2) is 6.10 Å². The van der Waals surface area contributed by atoms with Gasteiger partial charge in [-0.1, -0.05) is 34.5 Å². The van der Waals surface area contributed by atoms with Crippen LogP contribution < -0.4 is 10.1 Å². The van der Waals surface area contributed by atoms with E-state index in [-0.39, 0.29) is 14.5 Å². The molecule has 1 aromatic heterocycles. The monoisotopic (exact) mass is 395 g/mol. The Bertz CT molecular complexity index is 839. The zero-order valence-corrected chi connectivity index (χ0v) is 15.1.